The van der Waals surface area contributed by atoms with Crippen molar-refractivity contribution in [1.29, 1.82) is 0 Å². The number of ether oxygens (including phenoxy) is 1. The minimum absolute atomic E-state index is 0.0386. The summed E-state index contributed by atoms with van der Waals surface area (Å²) in [5, 5.41) is 2.75. The summed E-state index contributed by atoms with van der Waals surface area (Å²) in [6, 6.07) is 14.0. The molecule has 0 aliphatic heterocycles. The third-order valence-corrected chi connectivity index (χ3v) is 4.18. The van der Waals surface area contributed by atoms with Gasteiger partial charge in [0.05, 0.1) is 5.56 Å². The molecule has 0 aliphatic rings. The van der Waals surface area contributed by atoms with Gasteiger partial charge in [-0.25, -0.2) is 4.79 Å². The zero-order valence-electron chi connectivity index (χ0n) is 14.5. The summed E-state index contributed by atoms with van der Waals surface area (Å²) < 4.78 is 5.85. The van der Waals surface area contributed by atoms with Gasteiger partial charge < -0.3 is 10.1 Å². The van der Waals surface area contributed by atoms with E-state index in [0.29, 0.717) is 17.7 Å². The van der Waals surface area contributed by atoms with E-state index in [1.54, 1.807) is 36.4 Å². The van der Waals surface area contributed by atoms with Crippen LogP contribution in [-0.2, 0) is 16.0 Å². The number of rotatable bonds is 8. The van der Waals surface area contributed by atoms with Crippen LogP contribution in [0.1, 0.15) is 39.6 Å². The molecule has 0 fully saturated rings. The van der Waals surface area contributed by atoms with Crippen molar-refractivity contribution in [3.63, 3.8) is 0 Å². The van der Waals surface area contributed by atoms with E-state index in [9.17, 15) is 14.4 Å². The number of aryl methyl sites for hydroxylation is 1. The molecule has 0 aliphatic carbocycles. The first kappa shape index (κ1) is 19.8. The van der Waals surface area contributed by atoms with Crippen molar-refractivity contribution in [3.8, 4) is 0 Å². The Morgan fingerprint density at radius 1 is 1.04 bits per heavy atom. The van der Waals surface area contributed by atoms with Crippen molar-refractivity contribution < 1.29 is 19.1 Å². The SMILES string of the molecule is CC(=O)NCCCc1ccc(C(=O)COC(=O)c2cccc(Br)c2)cc1. The highest BCUT2D eigenvalue weighted by Crippen LogP contribution is 2.13. The van der Waals surface area contributed by atoms with E-state index in [-0.39, 0.29) is 18.3 Å². The van der Waals surface area contributed by atoms with Crippen molar-refractivity contribution in [1.82, 2.24) is 5.32 Å². The molecule has 0 radical (unpaired) electrons. The zero-order chi connectivity index (χ0) is 18.9. The average Bonchev–Trinajstić information content (AvgIpc) is 2.63. The highest BCUT2D eigenvalue weighted by atomic mass is 79.9. The van der Waals surface area contributed by atoms with Crippen LogP contribution in [0.3, 0.4) is 0 Å². The van der Waals surface area contributed by atoms with Crippen molar-refractivity contribution in [3.05, 3.63) is 69.7 Å². The van der Waals surface area contributed by atoms with Gasteiger partial charge in [0.25, 0.3) is 0 Å². The van der Waals surface area contributed by atoms with Gasteiger partial charge >= 0.3 is 5.97 Å². The lowest BCUT2D eigenvalue weighted by Crippen LogP contribution is -2.21. The summed E-state index contributed by atoms with van der Waals surface area (Å²) in [5.74, 6) is -0.823. The van der Waals surface area contributed by atoms with Crippen molar-refractivity contribution in [2.24, 2.45) is 0 Å². The first-order chi connectivity index (χ1) is 12.5. The smallest absolute Gasteiger partial charge is 0.338 e. The van der Waals surface area contributed by atoms with Gasteiger partial charge in [-0.05, 0) is 36.6 Å². The van der Waals surface area contributed by atoms with Gasteiger partial charge in [-0.1, -0.05) is 46.3 Å². The van der Waals surface area contributed by atoms with Crippen LogP contribution in [0.2, 0.25) is 0 Å². The number of hydrogen-bond acceptors (Lipinski definition) is 4. The lowest BCUT2D eigenvalue weighted by Gasteiger charge is -2.06. The second-order valence-corrected chi connectivity index (χ2v) is 6.71. The number of Topliss-reactive ketones (excluding diaryl/α,β-unsaturated/α-hetero) is 1. The Balaban J connectivity index is 1.82. The van der Waals surface area contributed by atoms with E-state index in [1.165, 1.54) is 6.92 Å². The van der Waals surface area contributed by atoms with Crippen molar-refractivity contribution in [2.45, 2.75) is 19.8 Å². The van der Waals surface area contributed by atoms with Gasteiger partial charge in [-0.15, -0.1) is 0 Å². The molecule has 5 nitrogen and oxygen atoms in total. The lowest BCUT2D eigenvalue weighted by atomic mass is 10.1. The molecule has 0 spiro atoms. The first-order valence-corrected chi connectivity index (χ1v) is 9.04. The van der Waals surface area contributed by atoms with E-state index in [4.69, 9.17) is 4.74 Å². The fraction of sp³-hybridized carbons (Fsp3) is 0.250. The third-order valence-electron chi connectivity index (χ3n) is 3.69. The number of esters is 1. The molecule has 0 atom stereocenters. The Kier molecular flexibility index (Phi) is 7.53. The highest BCUT2D eigenvalue weighted by molar-refractivity contribution is 9.10. The van der Waals surface area contributed by atoms with Gasteiger partial charge in [-0.2, -0.15) is 0 Å². The molecule has 0 saturated heterocycles. The molecule has 1 N–H and O–H groups in total. The van der Waals surface area contributed by atoms with Crippen LogP contribution in [-0.4, -0.2) is 30.8 Å². The summed E-state index contributed by atoms with van der Waals surface area (Å²) in [5.41, 5.74) is 1.97. The summed E-state index contributed by atoms with van der Waals surface area (Å²) >= 11 is 3.29. The minimum Gasteiger partial charge on any atom is -0.454 e. The summed E-state index contributed by atoms with van der Waals surface area (Å²) in [4.78, 5) is 34.9. The fourth-order valence-electron chi connectivity index (χ4n) is 2.33. The largest absolute Gasteiger partial charge is 0.454 e. The van der Waals surface area contributed by atoms with Crippen LogP contribution in [0, 0.1) is 0 Å². The van der Waals surface area contributed by atoms with Crippen molar-refractivity contribution >= 4 is 33.6 Å². The molecule has 136 valence electrons. The normalized spacial score (nSPS) is 10.2. The number of amides is 1. The highest BCUT2D eigenvalue weighted by Gasteiger charge is 2.12. The molecular formula is C20H20BrNO4. The Morgan fingerprint density at radius 3 is 2.42 bits per heavy atom. The molecule has 2 aromatic rings. The molecule has 0 bridgehead atoms. The number of carbonyl (C=O) groups is 3. The van der Waals surface area contributed by atoms with E-state index in [0.717, 1.165) is 22.9 Å². The Labute approximate surface area is 160 Å². The van der Waals surface area contributed by atoms with Crippen LogP contribution >= 0.6 is 15.9 Å². The summed E-state index contributed by atoms with van der Waals surface area (Å²) in [7, 11) is 0. The molecule has 0 aromatic heterocycles. The Bertz CT molecular complexity index is 787. The number of ketones is 1. The number of carbonyl (C=O) groups excluding carboxylic acids is 3. The summed E-state index contributed by atoms with van der Waals surface area (Å²) in [6.07, 6.45) is 1.64. The van der Waals surface area contributed by atoms with Crippen LogP contribution < -0.4 is 5.32 Å². The predicted molar refractivity (Wildman–Crippen MR) is 102 cm³/mol. The number of benzene rings is 2. The lowest BCUT2D eigenvalue weighted by molar-refractivity contribution is -0.118. The standard InChI is InChI=1S/C20H20BrNO4/c1-14(23)22-11-3-4-15-7-9-16(10-8-15)19(24)13-26-20(25)17-5-2-6-18(21)12-17/h2,5-10,12H,3-4,11,13H2,1H3,(H,22,23). The van der Waals surface area contributed by atoms with Crippen LogP contribution in [0.4, 0.5) is 0 Å². The van der Waals surface area contributed by atoms with Crippen LogP contribution in [0.25, 0.3) is 0 Å². The summed E-state index contributed by atoms with van der Waals surface area (Å²) in [6.45, 7) is 1.82. The van der Waals surface area contributed by atoms with E-state index >= 15 is 0 Å². The number of hydrogen-bond donors (Lipinski definition) is 1. The molecule has 6 heteroatoms. The molecular weight excluding hydrogens is 398 g/mol. The quantitative estimate of drug-likeness (QED) is 0.404. The first-order valence-electron chi connectivity index (χ1n) is 8.25. The Morgan fingerprint density at radius 2 is 1.77 bits per heavy atom. The topological polar surface area (TPSA) is 72.5 Å². The van der Waals surface area contributed by atoms with Gasteiger partial charge in [0, 0.05) is 23.5 Å². The third kappa shape index (κ3) is 6.44. The van der Waals surface area contributed by atoms with Crippen LogP contribution in [0.15, 0.2) is 53.0 Å². The number of nitrogens with one attached hydrogen (secondary N) is 1. The fourth-order valence-corrected chi connectivity index (χ4v) is 2.73. The monoisotopic (exact) mass is 417 g/mol. The van der Waals surface area contributed by atoms with Crippen LogP contribution in [0.5, 0.6) is 0 Å². The number of halogens is 1. The average molecular weight is 418 g/mol. The minimum atomic E-state index is -0.533. The second kappa shape index (κ2) is 9.87. The molecule has 1 amide bonds. The van der Waals surface area contributed by atoms with Gasteiger partial charge in [-0.3, -0.25) is 9.59 Å². The maximum Gasteiger partial charge on any atom is 0.338 e. The van der Waals surface area contributed by atoms with E-state index in [2.05, 4.69) is 21.2 Å². The van der Waals surface area contributed by atoms with Gasteiger partial charge in [0.2, 0.25) is 5.91 Å². The van der Waals surface area contributed by atoms with Gasteiger partial charge in [0.15, 0.2) is 12.4 Å². The molecule has 26 heavy (non-hydrogen) atoms. The van der Waals surface area contributed by atoms with E-state index in [1.807, 2.05) is 12.1 Å². The predicted octanol–water partition coefficient (Wildman–Crippen LogP) is 3.56. The Hall–Kier alpha value is -2.47. The van der Waals surface area contributed by atoms with Crippen molar-refractivity contribution in [2.75, 3.05) is 13.2 Å². The maximum absolute atomic E-state index is 12.2. The molecule has 0 heterocycles. The van der Waals surface area contributed by atoms with E-state index < -0.39 is 5.97 Å². The molecule has 2 aromatic carbocycles. The second-order valence-electron chi connectivity index (χ2n) is 5.79. The molecule has 0 saturated carbocycles. The zero-order valence-corrected chi connectivity index (χ0v) is 16.0. The molecule has 0 unspecified atom stereocenters. The molecule has 2 rings (SSSR count). The maximum atomic E-state index is 12.2. The van der Waals surface area contributed by atoms with Gasteiger partial charge in [0.1, 0.15) is 0 Å².